The first-order valence-corrected chi connectivity index (χ1v) is 8.77. The van der Waals surface area contributed by atoms with E-state index in [9.17, 15) is 4.79 Å². The summed E-state index contributed by atoms with van der Waals surface area (Å²) < 4.78 is 1.74. The third-order valence-corrected chi connectivity index (χ3v) is 4.71. The van der Waals surface area contributed by atoms with E-state index in [0.717, 1.165) is 36.3 Å². The van der Waals surface area contributed by atoms with Crippen LogP contribution in [0.5, 0.6) is 0 Å². The maximum atomic E-state index is 13.1. The summed E-state index contributed by atoms with van der Waals surface area (Å²) in [7, 11) is 1.87. The van der Waals surface area contributed by atoms with E-state index in [-0.39, 0.29) is 11.9 Å². The molecular formula is C20H21N5O. The summed E-state index contributed by atoms with van der Waals surface area (Å²) in [6.07, 6.45) is 9.24. The van der Waals surface area contributed by atoms with Crippen molar-refractivity contribution in [1.29, 1.82) is 0 Å². The normalized spacial score (nSPS) is 16.7. The first-order valence-electron chi connectivity index (χ1n) is 8.77. The average molecular weight is 347 g/mol. The molecule has 1 aliphatic rings. The van der Waals surface area contributed by atoms with Gasteiger partial charge in [0.25, 0.3) is 5.91 Å². The number of aryl methyl sites for hydroxylation is 1. The van der Waals surface area contributed by atoms with Crippen LogP contribution in [0.4, 0.5) is 11.4 Å². The van der Waals surface area contributed by atoms with E-state index in [2.05, 4.69) is 15.4 Å². The molecule has 0 radical (unpaired) electrons. The quantitative estimate of drug-likeness (QED) is 0.784. The molecule has 1 fully saturated rings. The number of carbonyl (C=O) groups excluding carboxylic acids is 1. The van der Waals surface area contributed by atoms with Gasteiger partial charge >= 0.3 is 0 Å². The highest BCUT2D eigenvalue weighted by Crippen LogP contribution is 2.33. The van der Waals surface area contributed by atoms with E-state index in [1.807, 2.05) is 54.5 Å². The van der Waals surface area contributed by atoms with Gasteiger partial charge in [-0.15, -0.1) is 0 Å². The number of aromatic nitrogens is 3. The fourth-order valence-electron chi connectivity index (χ4n) is 3.49. The van der Waals surface area contributed by atoms with Gasteiger partial charge in [0.2, 0.25) is 0 Å². The molecule has 6 heteroatoms. The number of likely N-dealkylation sites (tertiary alicyclic amines) is 1. The number of benzene rings is 1. The van der Waals surface area contributed by atoms with Crippen LogP contribution in [0.15, 0.2) is 61.2 Å². The molecule has 26 heavy (non-hydrogen) atoms. The number of nitrogens with zero attached hydrogens (tertiary/aromatic N) is 4. The zero-order valence-corrected chi connectivity index (χ0v) is 14.7. The van der Waals surface area contributed by atoms with Gasteiger partial charge < -0.3 is 10.2 Å². The number of pyridine rings is 1. The lowest BCUT2D eigenvalue weighted by Crippen LogP contribution is -2.30. The summed E-state index contributed by atoms with van der Waals surface area (Å²) in [6.45, 7) is 0.784. The van der Waals surface area contributed by atoms with Crippen molar-refractivity contribution in [2.45, 2.75) is 18.9 Å². The summed E-state index contributed by atoms with van der Waals surface area (Å²) in [6, 6.07) is 11.8. The number of hydrogen-bond donors (Lipinski definition) is 1. The molecule has 1 aliphatic heterocycles. The highest BCUT2D eigenvalue weighted by Gasteiger charge is 2.30. The number of nitrogens with one attached hydrogen (secondary N) is 1. The lowest BCUT2D eigenvalue weighted by atomic mass is 10.1. The summed E-state index contributed by atoms with van der Waals surface area (Å²) in [5.41, 5.74) is 3.62. The van der Waals surface area contributed by atoms with Gasteiger partial charge in [0, 0.05) is 43.4 Å². The molecule has 3 heterocycles. The van der Waals surface area contributed by atoms with Crippen LogP contribution in [0.3, 0.4) is 0 Å². The number of anilines is 2. The molecule has 0 saturated carbocycles. The van der Waals surface area contributed by atoms with Crippen LogP contribution >= 0.6 is 0 Å². The lowest BCUT2D eigenvalue weighted by Gasteiger charge is -2.25. The molecule has 0 unspecified atom stereocenters. The Bertz CT molecular complexity index is 905. The first-order chi connectivity index (χ1) is 12.7. The molecule has 1 aromatic carbocycles. The minimum Gasteiger partial charge on any atom is -0.353 e. The van der Waals surface area contributed by atoms with Gasteiger partial charge in [-0.2, -0.15) is 5.10 Å². The Morgan fingerprint density at radius 1 is 1.19 bits per heavy atom. The lowest BCUT2D eigenvalue weighted by molar-refractivity contribution is 0.0735. The van der Waals surface area contributed by atoms with Gasteiger partial charge in [-0.05, 0) is 48.7 Å². The fourth-order valence-corrected chi connectivity index (χ4v) is 3.49. The van der Waals surface area contributed by atoms with Crippen molar-refractivity contribution in [2.75, 3.05) is 11.9 Å². The molecule has 6 nitrogen and oxygen atoms in total. The van der Waals surface area contributed by atoms with Crippen LogP contribution in [-0.2, 0) is 7.05 Å². The zero-order chi connectivity index (χ0) is 17.9. The van der Waals surface area contributed by atoms with Crippen LogP contribution in [-0.4, -0.2) is 32.1 Å². The number of hydrogen-bond acceptors (Lipinski definition) is 4. The highest BCUT2D eigenvalue weighted by molar-refractivity contribution is 5.95. The van der Waals surface area contributed by atoms with Crippen LogP contribution in [0, 0.1) is 0 Å². The van der Waals surface area contributed by atoms with E-state index in [0.29, 0.717) is 5.56 Å². The van der Waals surface area contributed by atoms with Crippen molar-refractivity contribution in [3.05, 3.63) is 72.3 Å². The molecule has 0 bridgehead atoms. The predicted molar refractivity (Wildman–Crippen MR) is 100 cm³/mol. The Kier molecular flexibility index (Phi) is 4.39. The molecule has 3 aromatic rings. The summed E-state index contributed by atoms with van der Waals surface area (Å²) in [5, 5.41) is 7.44. The van der Waals surface area contributed by atoms with Gasteiger partial charge in [-0.25, -0.2) is 0 Å². The molecule has 1 N–H and O–H groups in total. The minimum atomic E-state index is 0.0687. The number of amides is 1. The van der Waals surface area contributed by atoms with E-state index in [4.69, 9.17) is 0 Å². The Morgan fingerprint density at radius 2 is 2.04 bits per heavy atom. The molecule has 4 rings (SSSR count). The van der Waals surface area contributed by atoms with Gasteiger partial charge in [-0.1, -0.05) is 6.07 Å². The van der Waals surface area contributed by atoms with Crippen molar-refractivity contribution in [3.8, 4) is 0 Å². The van der Waals surface area contributed by atoms with E-state index >= 15 is 0 Å². The van der Waals surface area contributed by atoms with Crippen molar-refractivity contribution >= 4 is 17.3 Å². The molecule has 1 amide bonds. The third kappa shape index (κ3) is 3.31. The van der Waals surface area contributed by atoms with Crippen molar-refractivity contribution < 1.29 is 4.79 Å². The maximum absolute atomic E-state index is 13.1. The van der Waals surface area contributed by atoms with Crippen LogP contribution in [0.1, 0.15) is 34.8 Å². The first kappa shape index (κ1) is 16.3. The minimum absolute atomic E-state index is 0.0687. The maximum Gasteiger partial charge on any atom is 0.254 e. The highest BCUT2D eigenvalue weighted by atomic mass is 16.2. The van der Waals surface area contributed by atoms with E-state index < -0.39 is 0 Å². The average Bonchev–Trinajstić information content (AvgIpc) is 3.31. The topological polar surface area (TPSA) is 63.1 Å². The summed E-state index contributed by atoms with van der Waals surface area (Å²) >= 11 is 0. The molecule has 1 atom stereocenters. The zero-order valence-electron chi connectivity index (χ0n) is 14.7. The second-order valence-electron chi connectivity index (χ2n) is 6.55. The Morgan fingerprint density at radius 3 is 2.81 bits per heavy atom. The molecular weight excluding hydrogens is 326 g/mol. The number of carbonyl (C=O) groups is 1. The predicted octanol–water partition coefficient (Wildman–Crippen LogP) is 3.54. The van der Waals surface area contributed by atoms with Gasteiger partial charge in [0.15, 0.2) is 0 Å². The summed E-state index contributed by atoms with van der Waals surface area (Å²) in [4.78, 5) is 19.2. The molecule has 1 saturated heterocycles. The molecule has 0 spiro atoms. The van der Waals surface area contributed by atoms with Crippen LogP contribution in [0.2, 0.25) is 0 Å². The van der Waals surface area contributed by atoms with Gasteiger partial charge in [0.1, 0.15) is 0 Å². The number of rotatable bonds is 4. The van der Waals surface area contributed by atoms with E-state index in [1.54, 1.807) is 23.3 Å². The van der Waals surface area contributed by atoms with Crippen molar-refractivity contribution in [2.24, 2.45) is 7.05 Å². The SMILES string of the molecule is Cn1cc(Nc2cccc(C(=O)N3CCC[C@@H]3c3ccncc3)c2)cn1. The smallest absolute Gasteiger partial charge is 0.254 e. The molecule has 132 valence electrons. The monoisotopic (exact) mass is 347 g/mol. The third-order valence-electron chi connectivity index (χ3n) is 4.71. The molecule has 0 aliphatic carbocycles. The van der Waals surface area contributed by atoms with Crippen LogP contribution < -0.4 is 5.32 Å². The largest absolute Gasteiger partial charge is 0.353 e. The van der Waals surface area contributed by atoms with Gasteiger partial charge in [0.05, 0.1) is 17.9 Å². The summed E-state index contributed by atoms with van der Waals surface area (Å²) in [5.74, 6) is 0.0687. The Hall–Kier alpha value is -3.15. The fraction of sp³-hybridized carbons (Fsp3) is 0.250. The van der Waals surface area contributed by atoms with Gasteiger partial charge in [-0.3, -0.25) is 14.5 Å². The van der Waals surface area contributed by atoms with Crippen LogP contribution in [0.25, 0.3) is 0 Å². The standard InChI is InChI=1S/C20H21N5O/c1-24-14-18(13-22-24)23-17-5-2-4-16(12-17)20(26)25-11-3-6-19(25)15-7-9-21-10-8-15/h2,4-5,7-10,12-14,19,23H,3,6,11H2,1H3/t19-/m1/s1. The second kappa shape index (κ2) is 7.00. The van der Waals surface area contributed by atoms with Crippen molar-refractivity contribution in [3.63, 3.8) is 0 Å². The Labute approximate surface area is 152 Å². The molecule has 2 aromatic heterocycles. The van der Waals surface area contributed by atoms with E-state index in [1.165, 1.54) is 0 Å². The second-order valence-corrected chi connectivity index (χ2v) is 6.55. The Balaban J connectivity index is 1.55. The van der Waals surface area contributed by atoms with Crippen molar-refractivity contribution in [1.82, 2.24) is 19.7 Å².